The second-order valence-electron chi connectivity index (χ2n) is 6.83. The van der Waals surface area contributed by atoms with Gasteiger partial charge < -0.3 is 4.74 Å². The van der Waals surface area contributed by atoms with Gasteiger partial charge in [-0.05, 0) is 56.3 Å². The summed E-state index contributed by atoms with van der Waals surface area (Å²) in [4.78, 5) is 16.6. The Balaban J connectivity index is 1.85. The number of carbonyl (C=O) groups excluding carboxylic acids is 1. The summed E-state index contributed by atoms with van der Waals surface area (Å²) in [5.41, 5.74) is 4.33. The molecule has 1 aromatic heterocycles. The third kappa shape index (κ3) is 5.92. The van der Waals surface area contributed by atoms with Crippen LogP contribution in [0, 0.1) is 6.92 Å². The number of aryl methyl sites for hydroxylation is 1. The van der Waals surface area contributed by atoms with Crippen LogP contribution in [0.5, 0.6) is 5.75 Å². The topological polar surface area (TPSA) is 101 Å². The Bertz CT molecular complexity index is 1160. The molecule has 1 heterocycles. The van der Waals surface area contributed by atoms with Gasteiger partial charge in [-0.3, -0.25) is 14.1 Å². The number of nitrogens with one attached hydrogen (secondary N) is 1. The molecule has 166 valence electrons. The molecule has 0 spiro atoms. The molecule has 2 aromatic carbocycles. The first-order valence-electron chi connectivity index (χ1n) is 9.94. The van der Waals surface area contributed by atoms with E-state index in [1.807, 2.05) is 13.8 Å². The van der Waals surface area contributed by atoms with Gasteiger partial charge in [0.15, 0.2) is 0 Å². The number of hydrazone groups is 1. The summed E-state index contributed by atoms with van der Waals surface area (Å²) in [6, 6.07) is 16.5. The Morgan fingerprint density at radius 2 is 1.84 bits per heavy atom. The zero-order valence-corrected chi connectivity index (χ0v) is 18.6. The molecular formula is C23H24N4O4S. The van der Waals surface area contributed by atoms with Gasteiger partial charge >= 0.3 is 0 Å². The fraction of sp³-hybridized carbons (Fsp3) is 0.174. The second-order valence-corrected chi connectivity index (χ2v) is 8.69. The van der Waals surface area contributed by atoms with E-state index in [9.17, 15) is 13.2 Å². The number of sulfonamides is 1. The number of pyridine rings is 1. The minimum absolute atomic E-state index is 0.0867. The van der Waals surface area contributed by atoms with E-state index in [0.29, 0.717) is 23.6 Å². The summed E-state index contributed by atoms with van der Waals surface area (Å²) >= 11 is 0. The highest BCUT2D eigenvalue weighted by Gasteiger charge is 2.27. The van der Waals surface area contributed by atoms with Gasteiger partial charge in [-0.1, -0.05) is 23.8 Å². The van der Waals surface area contributed by atoms with Crippen LogP contribution in [-0.4, -0.2) is 38.7 Å². The van der Waals surface area contributed by atoms with Gasteiger partial charge in [0.1, 0.15) is 12.3 Å². The number of nitrogens with zero attached hydrogens (tertiary/aromatic N) is 3. The number of amides is 1. The summed E-state index contributed by atoms with van der Waals surface area (Å²) in [7, 11) is -4.00. The van der Waals surface area contributed by atoms with E-state index in [-0.39, 0.29) is 4.90 Å². The Hall–Kier alpha value is -3.72. The Kier molecular flexibility index (Phi) is 7.56. The number of anilines is 1. The predicted molar refractivity (Wildman–Crippen MR) is 123 cm³/mol. The minimum atomic E-state index is -4.00. The number of aromatic nitrogens is 1. The van der Waals surface area contributed by atoms with Gasteiger partial charge in [-0.2, -0.15) is 5.10 Å². The smallest absolute Gasteiger partial charge is 0.264 e. The van der Waals surface area contributed by atoms with Crippen molar-refractivity contribution in [2.24, 2.45) is 5.10 Å². The van der Waals surface area contributed by atoms with Crippen molar-refractivity contribution in [2.75, 3.05) is 17.5 Å². The van der Waals surface area contributed by atoms with Crippen molar-refractivity contribution in [1.82, 2.24) is 10.4 Å². The van der Waals surface area contributed by atoms with Crippen molar-refractivity contribution in [3.05, 3.63) is 84.2 Å². The largest absolute Gasteiger partial charge is 0.494 e. The van der Waals surface area contributed by atoms with Crippen LogP contribution < -0.4 is 14.5 Å². The van der Waals surface area contributed by atoms with Crippen LogP contribution in [0.25, 0.3) is 0 Å². The van der Waals surface area contributed by atoms with Crippen LogP contribution in [0.2, 0.25) is 0 Å². The fourth-order valence-corrected chi connectivity index (χ4v) is 4.25. The molecule has 0 unspecified atom stereocenters. The summed E-state index contributed by atoms with van der Waals surface area (Å²) in [6.45, 7) is 3.77. The third-order valence-electron chi connectivity index (χ3n) is 4.42. The molecule has 9 heteroatoms. The maximum Gasteiger partial charge on any atom is 0.264 e. The van der Waals surface area contributed by atoms with E-state index in [2.05, 4.69) is 15.5 Å². The highest BCUT2D eigenvalue weighted by atomic mass is 32.2. The molecule has 1 amide bonds. The lowest BCUT2D eigenvalue weighted by molar-refractivity contribution is -0.119. The van der Waals surface area contributed by atoms with Crippen LogP contribution in [0.4, 0.5) is 5.69 Å². The highest BCUT2D eigenvalue weighted by Crippen LogP contribution is 2.26. The predicted octanol–water partition coefficient (Wildman–Crippen LogP) is 3.13. The van der Waals surface area contributed by atoms with Gasteiger partial charge in [0.05, 0.1) is 23.4 Å². The maximum absolute atomic E-state index is 13.4. The van der Waals surface area contributed by atoms with E-state index in [1.165, 1.54) is 18.3 Å². The lowest BCUT2D eigenvalue weighted by Gasteiger charge is -2.24. The van der Waals surface area contributed by atoms with E-state index in [0.717, 1.165) is 9.87 Å². The average molecular weight is 453 g/mol. The molecule has 8 nitrogen and oxygen atoms in total. The normalized spacial score (nSPS) is 11.3. The summed E-state index contributed by atoms with van der Waals surface area (Å²) < 4.78 is 33.2. The molecule has 3 aromatic rings. The van der Waals surface area contributed by atoms with E-state index >= 15 is 0 Å². The van der Waals surface area contributed by atoms with Crippen LogP contribution in [-0.2, 0) is 14.8 Å². The molecule has 0 atom stereocenters. The molecule has 0 fully saturated rings. The van der Waals surface area contributed by atoms with Gasteiger partial charge in [-0.15, -0.1) is 0 Å². The number of carbonyl (C=O) groups is 1. The summed E-state index contributed by atoms with van der Waals surface area (Å²) in [5.74, 6) is 0.0177. The van der Waals surface area contributed by atoms with Crippen molar-refractivity contribution in [1.29, 1.82) is 0 Å². The third-order valence-corrected chi connectivity index (χ3v) is 6.21. The van der Waals surface area contributed by atoms with Crippen LogP contribution >= 0.6 is 0 Å². The fourth-order valence-electron chi connectivity index (χ4n) is 2.82. The molecule has 0 saturated heterocycles. The van der Waals surface area contributed by atoms with Crippen LogP contribution in [0.3, 0.4) is 0 Å². The van der Waals surface area contributed by atoms with Crippen molar-refractivity contribution in [3.8, 4) is 5.75 Å². The molecule has 0 aliphatic heterocycles. The summed E-state index contributed by atoms with van der Waals surface area (Å²) in [5, 5.41) is 3.89. The lowest BCUT2D eigenvalue weighted by atomic mass is 10.2. The average Bonchev–Trinajstić information content (AvgIpc) is 2.79. The van der Waals surface area contributed by atoms with Gasteiger partial charge in [0.2, 0.25) is 0 Å². The molecule has 0 bridgehead atoms. The first-order valence-corrected chi connectivity index (χ1v) is 11.4. The monoisotopic (exact) mass is 452 g/mol. The molecule has 1 N–H and O–H groups in total. The zero-order valence-electron chi connectivity index (χ0n) is 17.8. The van der Waals surface area contributed by atoms with Crippen LogP contribution in [0.1, 0.15) is 18.1 Å². The number of ether oxygens (including phenoxy) is 1. The number of benzene rings is 2. The van der Waals surface area contributed by atoms with Gasteiger partial charge in [0, 0.05) is 18.0 Å². The number of hydrogen-bond donors (Lipinski definition) is 1. The van der Waals surface area contributed by atoms with Crippen molar-refractivity contribution >= 4 is 27.8 Å². The quantitative estimate of drug-likeness (QED) is 0.397. The van der Waals surface area contributed by atoms with Crippen LogP contribution in [0.15, 0.2) is 83.1 Å². The molecule has 0 aliphatic rings. The van der Waals surface area contributed by atoms with E-state index in [1.54, 1.807) is 60.9 Å². The zero-order chi connectivity index (χ0) is 23.0. The molecular weight excluding hydrogens is 428 g/mol. The molecule has 0 saturated carbocycles. The first kappa shape index (κ1) is 23.0. The highest BCUT2D eigenvalue weighted by molar-refractivity contribution is 7.92. The molecule has 0 aliphatic carbocycles. The van der Waals surface area contributed by atoms with E-state index in [4.69, 9.17) is 4.74 Å². The molecule has 0 radical (unpaired) electrons. The van der Waals surface area contributed by atoms with Gasteiger partial charge in [0.25, 0.3) is 15.9 Å². The Morgan fingerprint density at radius 3 is 2.47 bits per heavy atom. The Labute approximate surface area is 187 Å². The van der Waals surface area contributed by atoms with Crippen molar-refractivity contribution in [3.63, 3.8) is 0 Å². The summed E-state index contributed by atoms with van der Waals surface area (Å²) in [6.07, 6.45) is 4.64. The number of rotatable bonds is 9. The SMILES string of the molecule is CCOc1ccc(N(CC(=O)N/N=C\c2cccnc2)S(=O)(=O)c2ccc(C)cc2)cc1. The lowest BCUT2D eigenvalue weighted by Crippen LogP contribution is -2.39. The van der Waals surface area contributed by atoms with Crippen molar-refractivity contribution < 1.29 is 17.9 Å². The van der Waals surface area contributed by atoms with Gasteiger partial charge in [-0.25, -0.2) is 13.8 Å². The minimum Gasteiger partial charge on any atom is -0.494 e. The maximum atomic E-state index is 13.4. The Morgan fingerprint density at radius 1 is 1.12 bits per heavy atom. The van der Waals surface area contributed by atoms with Crippen molar-refractivity contribution in [2.45, 2.75) is 18.7 Å². The standard InChI is InChI=1S/C23H24N4O4S/c1-3-31-21-10-8-20(9-11-21)27(32(29,30)22-12-6-18(2)7-13-22)17-23(28)26-25-16-19-5-4-14-24-15-19/h4-16H,3,17H2,1-2H3,(H,26,28)/b25-16-. The first-order chi connectivity index (χ1) is 15.4. The van der Waals surface area contributed by atoms with E-state index < -0.39 is 22.5 Å². The molecule has 3 rings (SSSR count). The number of hydrogen-bond acceptors (Lipinski definition) is 6. The second kappa shape index (κ2) is 10.5. The molecule has 32 heavy (non-hydrogen) atoms.